The number of nitriles is 1. The maximum absolute atomic E-state index is 9.11. The first kappa shape index (κ1) is 15.8. The summed E-state index contributed by atoms with van der Waals surface area (Å²) in [7, 11) is 0. The summed E-state index contributed by atoms with van der Waals surface area (Å²) >= 11 is 9.69. The molecule has 3 nitrogen and oxygen atoms in total. The second-order valence-electron chi connectivity index (χ2n) is 5.10. The number of piperazine rings is 1. The van der Waals surface area contributed by atoms with Crippen LogP contribution < -0.4 is 0 Å². The van der Waals surface area contributed by atoms with Gasteiger partial charge in [0.25, 0.3) is 0 Å². The molecule has 1 aromatic rings. The molecule has 1 saturated heterocycles. The average molecular weight is 357 g/mol. The van der Waals surface area contributed by atoms with Crippen LogP contribution in [0.4, 0.5) is 0 Å². The minimum atomic E-state index is 0.0634. The van der Waals surface area contributed by atoms with E-state index >= 15 is 0 Å². The molecule has 0 N–H and O–H groups in total. The van der Waals surface area contributed by atoms with Crippen LogP contribution >= 0.6 is 27.5 Å². The van der Waals surface area contributed by atoms with Gasteiger partial charge in [0, 0.05) is 42.2 Å². The predicted molar refractivity (Wildman–Crippen MR) is 85.7 cm³/mol. The maximum atomic E-state index is 9.11. The van der Waals surface area contributed by atoms with Crippen LogP contribution in [0.5, 0.6) is 0 Å². The highest BCUT2D eigenvalue weighted by molar-refractivity contribution is 9.10. The molecule has 20 heavy (non-hydrogen) atoms. The third-order valence-electron chi connectivity index (χ3n) is 3.79. The second-order valence-corrected chi connectivity index (χ2v) is 6.42. The third-order valence-corrected chi connectivity index (χ3v) is 4.64. The van der Waals surface area contributed by atoms with Crippen molar-refractivity contribution in [1.82, 2.24) is 9.80 Å². The predicted octanol–water partition coefficient (Wildman–Crippen LogP) is 3.52. The largest absolute Gasteiger partial charge is 0.296 e. The second kappa shape index (κ2) is 7.42. The van der Waals surface area contributed by atoms with E-state index in [1.165, 1.54) is 0 Å². The van der Waals surface area contributed by atoms with Crippen LogP contribution in [0.2, 0.25) is 5.02 Å². The molecule has 1 fully saturated rings. The first-order valence-electron chi connectivity index (χ1n) is 6.94. The van der Waals surface area contributed by atoms with E-state index in [-0.39, 0.29) is 6.04 Å². The zero-order chi connectivity index (χ0) is 14.5. The lowest BCUT2D eigenvalue weighted by Crippen LogP contribution is -2.49. The molecule has 1 aliphatic heterocycles. The fraction of sp³-hybridized carbons (Fsp3) is 0.533. The SMILES string of the molecule is CCC(C#N)N1CCN(Cc2ccc(Br)cc2Cl)CC1. The van der Waals surface area contributed by atoms with Crippen molar-refractivity contribution in [3.8, 4) is 6.07 Å². The molecule has 2 rings (SSSR count). The van der Waals surface area contributed by atoms with E-state index in [1.54, 1.807) is 0 Å². The van der Waals surface area contributed by atoms with Crippen molar-refractivity contribution in [3.63, 3.8) is 0 Å². The van der Waals surface area contributed by atoms with Crippen molar-refractivity contribution in [2.75, 3.05) is 26.2 Å². The van der Waals surface area contributed by atoms with E-state index in [4.69, 9.17) is 16.9 Å². The Kier molecular flexibility index (Phi) is 5.86. The maximum Gasteiger partial charge on any atom is 0.0976 e. The molecule has 108 valence electrons. The van der Waals surface area contributed by atoms with Crippen molar-refractivity contribution in [2.45, 2.75) is 25.9 Å². The van der Waals surface area contributed by atoms with E-state index in [9.17, 15) is 0 Å². The molecule has 1 aliphatic rings. The Morgan fingerprint density at radius 3 is 2.60 bits per heavy atom. The molecule has 0 aliphatic carbocycles. The molecule has 0 bridgehead atoms. The lowest BCUT2D eigenvalue weighted by atomic mass is 10.1. The number of hydrogen-bond donors (Lipinski definition) is 0. The molecule has 0 aromatic heterocycles. The Labute approximate surface area is 134 Å². The topological polar surface area (TPSA) is 30.3 Å². The zero-order valence-electron chi connectivity index (χ0n) is 11.6. The van der Waals surface area contributed by atoms with E-state index in [0.717, 1.165) is 54.2 Å². The Balaban J connectivity index is 1.90. The van der Waals surface area contributed by atoms with Gasteiger partial charge in [-0.2, -0.15) is 5.26 Å². The van der Waals surface area contributed by atoms with Crippen LogP contribution in [0.15, 0.2) is 22.7 Å². The Hall–Kier alpha value is -0.600. The number of benzene rings is 1. The van der Waals surface area contributed by atoms with E-state index in [2.05, 4.69) is 44.8 Å². The summed E-state index contributed by atoms with van der Waals surface area (Å²) in [5.41, 5.74) is 1.16. The third kappa shape index (κ3) is 3.95. The number of halogens is 2. The fourth-order valence-electron chi connectivity index (χ4n) is 2.56. The van der Waals surface area contributed by atoms with Crippen molar-refractivity contribution in [3.05, 3.63) is 33.3 Å². The average Bonchev–Trinajstić information content (AvgIpc) is 2.45. The summed E-state index contributed by atoms with van der Waals surface area (Å²) < 4.78 is 1.01. The normalized spacial score (nSPS) is 18.7. The summed E-state index contributed by atoms with van der Waals surface area (Å²) in [6, 6.07) is 8.49. The van der Waals surface area contributed by atoms with Gasteiger partial charge in [-0.25, -0.2) is 0 Å². The van der Waals surface area contributed by atoms with Crippen LogP contribution in [-0.4, -0.2) is 42.0 Å². The van der Waals surface area contributed by atoms with Gasteiger partial charge in [0.05, 0.1) is 12.1 Å². The van der Waals surface area contributed by atoms with Crippen molar-refractivity contribution >= 4 is 27.5 Å². The molecule has 5 heteroatoms. The van der Waals surface area contributed by atoms with Gasteiger partial charge in [0.1, 0.15) is 0 Å². The van der Waals surface area contributed by atoms with Gasteiger partial charge < -0.3 is 0 Å². The summed E-state index contributed by atoms with van der Waals surface area (Å²) in [6.45, 7) is 6.85. The summed E-state index contributed by atoms with van der Waals surface area (Å²) in [6.07, 6.45) is 0.898. The molecule has 0 saturated carbocycles. The van der Waals surface area contributed by atoms with E-state index < -0.39 is 0 Å². The van der Waals surface area contributed by atoms with Gasteiger partial charge in [-0.05, 0) is 24.1 Å². The highest BCUT2D eigenvalue weighted by Gasteiger charge is 2.22. The van der Waals surface area contributed by atoms with Crippen LogP contribution in [0, 0.1) is 11.3 Å². The molecule has 1 unspecified atom stereocenters. The Morgan fingerprint density at radius 2 is 2.05 bits per heavy atom. The van der Waals surface area contributed by atoms with Crippen LogP contribution in [0.25, 0.3) is 0 Å². The summed E-state index contributed by atoms with van der Waals surface area (Å²) in [5, 5.41) is 9.93. The zero-order valence-corrected chi connectivity index (χ0v) is 14.0. The van der Waals surface area contributed by atoms with Crippen molar-refractivity contribution < 1.29 is 0 Å². The van der Waals surface area contributed by atoms with Gasteiger partial charge in [0.2, 0.25) is 0 Å². The van der Waals surface area contributed by atoms with Crippen LogP contribution in [-0.2, 0) is 6.54 Å². The molecule has 0 radical (unpaired) electrons. The number of hydrogen-bond acceptors (Lipinski definition) is 3. The lowest BCUT2D eigenvalue weighted by Gasteiger charge is -2.36. The molecular formula is C15H19BrClN3. The molecule has 0 amide bonds. The number of nitrogens with zero attached hydrogens (tertiary/aromatic N) is 3. The van der Waals surface area contributed by atoms with Crippen LogP contribution in [0.3, 0.4) is 0 Å². The Morgan fingerprint density at radius 1 is 1.35 bits per heavy atom. The first-order valence-corrected chi connectivity index (χ1v) is 8.11. The van der Waals surface area contributed by atoms with Gasteiger partial charge in [0.15, 0.2) is 0 Å². The number of rotatable bonds is 4. The quantitative estimate of drug-likeness (QED) is 0.827. The Bertz CT molecular complexity index is 492. The molecular weight excluding hydrogens is 338 g/mol. The van der Waals surface area contributed by atoms with Crippen LogP contribution in [0.1, 0.15) is 18.9 Å². The smallest absolute Gasteiger partial charge is 0.0976 e. The molecule has 0 spiro atoms. The summed E-state index contributed by atoms with van der Waals surface area (Å²) in [5.74, 6) is 0. The minimum Gasteiger partial charge on any atom is -0.296 e. The fourth-order valence-corrected chi connectivity index (χ4v) is 3.29. The van der Waals surface area contributed by atoms with Gasteiger partial charge >= 0.3 is 0 Å². The monoisotopic (exact) mass is 355 g/mol. The molecule has 1 aromatic carbocycles. The van der Waals surface area contributed by atoms with Crippen molar-refractivity contribution in [1.29, 1.82) is 5.26 Å². The van der Waals surface area contributed by atoms with E-state index in [1.807, 2.05) is 12.1 Å². The highest BCUT2D eigenvalue weighted by atomic mass is 79.9. The van der Waals surface area contributed by atoms with Gasteiger partial charge in [-0.1, -0.05) is 40.5 Å². The highest BCUT2D eigenvalue weighted by Crippen LogP contribution is 2.23. The first-order chi connectivity index (χ1) is 9.63. The van der Waals surface area contributed by atoms with Gasteiger partial charge in [-0.3, -0.25) is 9.80 Å². The summed E-state index contributed by atoms with van der Waals surface area (Å²) in [4.78, 5) is 4.68. The molecule has 1 heterocycles. The minimum absolute atomic E-state index is 0.0634. The van der Waals surface area contributed by atoms with Crippen molar-refractivity contribution in [2.24, 2.45) is 0 Å². The standard InChI is InChI=1S/C15H19BrClN3/c1-2-14(10-18)20-7-5-19(6-8-20)11-12-3-4-13(16)9-15(12)17/h3-4,9,14H,2,5-8,11H2,1H3. The van der Waals surface area contributed by atoms with E-state index in [0.29, 0.717) is 0 Å². The molecule has 1 atom stereocenters. The van der Waals surface area contributed by atoms with Gasteiger partial charge in [-0.15, -0.1) is 0 Å². The lowest BCUT2D eigenvalue weighted by molar-refractivity contribution is 0.108.